The first-order chi connectivity index (χ1) is 10.0. The summed E-state index contributed by atoms with van der Waals surface area (Å²) in [5.41, 5.74) is 5.71. The molecule has 1 unspecified atom stereocenters. The molecule has 0 bridgehead atoms. The van der Waals surface area contributed by atoms with E-state index in [4.69, 9.17) is 4.99 Å². The Hall–Kier alpha value is -1.15. The quantitative estimate of drug-likeness (QED) is 0.485. The second kappa shape index (κ2) is 8.99. The SMILES string of the molecule is CCCCCC(C)=Nc1c(CC)ccc(C(O)CC)c1C. The van der Waals surface area contributed by atoms with Crippen molar-refractivity contribution in [2.75, 3.05) is 0 Å². The lowest BCUT2D eigenvalue weighted by Crippen LogP contribution is -2.01. The van der Waals surface area contributed by atoms with Crippen molar-refractivity contribution in [3.05, 3.63) is 28.8 Å². The molecule has 0 saturated heterocycles. The number of aliphatic hydroxyl groups is 1. The number of aliphatic hydroxyl groups excluding tert-OH is 1. The lowest BCUT2D eigenvalue weighted by atomic mass is 9.96. The third kappa shape index (κ3) is 4.96. The van der Waals surface area contributed by atoms with Gasteiger partial charge in [-0.1, -0.05) is 45.7 Å². The van der Waals surface area contributed by atoms with Gasteiger partial charge in [0.1, 0.15) is 0 Å². The minimum Gasteiger partial charge on any atom is -0.388 e. The van der Waals surface area contributed by atoms with E-state index < -0.39 is 0 Å². The standard InChI is InChI=1S/C19H31NO/c1-6-9-10-11-14(4)20-19-15(5)17(18(21)8-3)13-12-16(19)7-2/h12-13,18,21H,6-11H2,1-5H3. The number of aliphatic imine (C=N–C) groups is 1. The molecule has 0 aliphatic rings. The number of hydrogen-bond acceptors (Lipinski definition) is 2. The van der Waals surface area contributed by atoms with Gasteiger partial charge in [0.2, 0.25) is 0 Å². The summed E-state index contributed by atoms with van der Waals surface area (Å²) in [5.74, 6) is 0. The van der Waals surface area contributed by atoms with Crippen molar-refractivity contribution < 1.29 is 5.11 Å². The number of aryl methyl sites for hydroxylation is 1. The molecule has 21 heavy (non-hydrogen) atoms. The van der Waals surface area contributed by atoms with Crippen LogP contribution in [-0.4, -0.2) is 10.8 Å². The van der Waals surface area contributed by atoms with E-state index >= 15 is 0 Å². The first-order valence-electron chi connectivity index (χ1n) is 8.39. The molecule has 0 saturated carbocycles. The van der Waals surface area contributed by atoms with Crippen molar-refractivity contribution in [1.29, 1.82) is 0 Å². The number of unbranched alkanes of at least 4 members (excludes halogenated alkanes) is 2. The van der Waals surface area contributed by atoms with Gasteiger partial charge in [0.15, 0.2) is 0 Å². The predicted molar refractivity (Wildman–Crippen MR) is 92.7 cm³/mol. The van der Waals surface area contributed by atoms with E-state index in [2.05, 4.69) is 39.8 Å². The van der Waals surface area contributed by atoms with E-state index in [1.807, 2.05) is 6.92 Å². The van der Waals surface area contributed by atoms with Crippen molar-refractivity contribution in [2.45, 2.75) is 79.2 Å². The van der Waals surface area contributed by atoms with E-state index in [-0.39, 0.29) is 6.10 Å². The molecule has 0 aliphatic carbocycles. The number of rotatable bonds is 8. The molecule has 0 aliphatic heterocycles. The second-order valence-electron chi connectivity index (χ2n) is 5.87. The summed E-state index contributed by atoms with van der Waals surface area (Å²) in [7, 11) is 0. The van der Waals surface area contributed by atoms with Crippen LogP contribution in [0.3, 0.4) is 0 Å². The smallest absolute Gasteiger partial charge is 0.0790 e. The molecule has 1 aromatic rings. The van der Waals surface area contributed by atoms with Crippen LogP contribution in [0.15, 0.2) is 17.1 Å². The fourth-order valence-electron chi connectivity index (χ4n) is 2.67. The Kier molecular flexibility index (Phi) is 7.66. The van der Waals surface area contributed by atoms with Crippen LogP contribution in [0.1, 0.15) is 82.6 Å². The predicted octanol–water partition coefficient (Wildman–Crippen LogP) is 5.67. The highest BCUT2D eigenvalue weighted by molar-refractivity contribution is 5.85. The maximum absolute atomic E-state index is 10.2. The molecule has 2 nitrogen and oxygen atoms in total. The van der Waals surface area contributed by atoms with E-state index in [1.165, 1.54) is 30.5 Å². The maximum atomic E-state index is 10.2. The number of hydrogen-bond donors (Lipinski definition) is 1. The van der Waals surface area contributed by atoms with Gasteiger partial charge < -0.3 is 5.11 Å². The molecular weight excluding hydrogens is 258 g/mol. The van der Waals surface area contributed by atoms with Crippen LogP contribution in [-0.2, 0) is 6.42 Å². The van der Waals surface area contributed by atoms with Crippen LogP contribution in [0.5, 0.6) is 0 Å². The summed E-state index contributed by atoms with van der Waals surface area (Å²) in [6, 6.07) is 4.19. The Morgan fingerprint density at radius 2 is 1.90 bits per heavy atom. The van der Waals surface area contributed by atoms with Crippen molar-refractivity contribution in [3.8, 4) is 0 Å². The fourth-order valence-corrected chi connectivity index (χ4v) is 2.67. The summed E-state index contributed by atoms with van der Waals surface area (Å²) in [6.45, 7) is 10.6. The molecule has 1 atom stereocenters. The first-order valence-corrected chi connectivity index (χ1v) is 8.39. The van der Waals surface area contributed by atoms with Crippen LogP contribution in [0, 0.1) is 6.92 Å². The van der Waals surface area contributed by atoms with Gasteiger partial charge in [-0.05, 0) is 56.2 Å². The molecule has 2 heteroatoms. The monoisotopic (exact) mass is 289 g/mol. The van der Waals surface area contributed by atoms with Crippen molar-refractivity contribution in [1.82, 2.24) is 0 Å². The average molecular weight is 289 g/mol. The Morgan fingerprint density at radius 1 is 1.19 bits per heavy atom. The molecule has 0 spiro atoms. The van der Waals surface area contributed by atoms with E-state index in [0.717, 1.165) is 36.1 Å². The van der Waals surface area contributed by atoms with E-state index in [0.29, 0.717) is 0 Å². The largest absolute Gasteiger partial charge is 0.388 e. The van der Waals surface area contributed by atoms with Crippen LogP contribution in [0.2, 0.25) is 0 Å². The van der Waals surface area contributed by atoms with Crippen molar-refractivity contribution in [3.63, 3.8) is 0 Å². The molecule has 1 N–H and O–H groups in total. The van der Waals surface area contributed by atoms with E-state index in [1.54, 1.807) is 0 Å². The van der Waals surface area contributed by atoms with Crippen molar-refractivity contribution in [2.24, 2.45) is 4.99 Å². The molecular formula is C19H31NO. The average Bonchev–Trinajstić information content (AvgIpc) is 2.48. The van der Waals surface area contributed by atoms with Gasteiger partial charge in [-0.3, -0.25) is 4.99 Å². The van der Waals surface area contributed by atoms with Gasteiger partial charge in [-0.15, -0.1) is 0 Å². The summed E-state index contributed by atoms with van der Waals surface area (Å²) in [5, 5.41) is 10.2. The summed E-state index contributed by atoms with van der Waals surface area (Å²) >= 11 is 0. The number of nitrogens with zero attached hydrogens (tertiary/aromatic N) is 1. The summed E-state index contributed by atoms with van der Waals surface area (Å²) in [4.78, 5) is 4.88. The minimum atomic E-state index is -0.384. The highest BCUT2D eigenvalue weighted by Crippen LogP contribution is 2.32. The normalized spacial score (nSPS) is 13.5. The molecule has 0 heterocycles. The zero-order valence-corrected chi connectivity index (χ0v) is 14.4. The van der Waals surface area contributed by atoms with E-state index in [9.17, 15) is 5.11 Å². The molecule has 1 aromatic carbocycles. The zero-order valence-electron chi connectivity index (χ0n) is 14.4. The number of benzene rings is 1. The van der Waals surface area contributed by atoms with Gasteiger partial charge in [-0.25, -0.2) is 0 Å². The third-order valence-corrected chi connectivity index (χ3v) is 4.13. The van der Waals surface area contributed by atoms with Gasteiger partial charge in [0, 0.05) is 5.71 Å². The van der Waals surface area contributed by atoms with Gasteiger partial charge >= 0.3 is 0 Å². The summed E-state index contributed by atoms with van der Waals surface area (Å²) < 4.78 is 0. The molecule has 118 valence electrons. The molecule has 1 rings (SSSR count). The van der Waals surface area contributed by atoms with Crippen molar-refractivity contribution >= 4 is 11.4 Å². The Labute approximate surface area is 130 Å². The topological polar surface area (TPSA) is 32.6 Å². The molecule has 0 aromatic heterocycles. The highest BCUT2D eigenvalue weighted by Gasteiger charge is 2.13. The zero-order chi connectivity index (χ0) is 15.8. The molecule has 0 amide bonds. The Bertz CT molecular complexity index is 477. The van der Waals surface area contributed by atoms with Crippen LogP contribution < -0.4 is 0 Å². The lowest BCUT2D eigenvalue weighted by molar-refractivity contribution is 0.173. The Morgan fingerprint density at radius 3 is 2.48 bits per heavy atom. The second-order valence-corrected chi connectivity index (χ2v) is 5.87. The van der Waals surface area contributed by atoms with Crippen LogP contribution in [0.4, 0.5) is 5.69 Å². The van der Waals surface area contributed by atoms with Gasteiger partial charge in [0.05, 0.1) is 11.8 Å². The fraction of sp³-hybridized carbons (Fsp3) is 0.632. The Balaban J connectivity index is 3.10. The molecule has 0 radical (unpaired) electrons. The maximum Gasteiger partial charge on any atom is 0.0790 e. The van der Waals surface area contributed by atoms with Gasteiger partial charge in [0.25, 0.3) is 0 Å². The lowest BCUT2D eigenvalue weighted by Gasteiger charge is -2.16. The first kappa shape index (κ1) is 17.9. The third-order valence-electron chi connectivity index (χ3n) is 4.13. The van der Waals surface area contributed by atoms with Gasteiger partial charge in [-0.2, -0.15) is 0 Å². The van der Waals surface area contributed by atoms with Crippen LogP contribution >= 0.6 is 0 Å². The molecule has 0 fully saturated rings. The summed E-state index contributed by atoms with van der Waals surface area (Å²) in [6.07, 6.45) is 6.12. The minimum absolute atomic E-state index is 0.384. The van der Waals surface area contributed by atoms with Crippen LogP contribution in [0.25, 0.3) is 0 Å². The highest BCUT2D eigenvalue weighted by atomic mass is 16.3.